The van der Waals surface area contributed by atoms with Crippen LogP contribution < -0.4 is 20.1 Å². The normalized spacial score (nSPS) is 11.8. The van der Waals surface area contributed by atoms with Crippen molar-refractivity contribution in [3.8, 4) is 11.5 Å². The first-order valence-corrected chi connectivity index (χ1v) is 7.74. The Hall–Kier alpha value is -3.02. The van der Waals surface area contributed by atoms with Gasteiger partial charge in [-0.1, -0.05) is 18.2 Å². The van der Waals surface area contributed by atoms with E-state index in [1.165, 1.54) is 18.3 Å². The standard InChI is InChI=1S/C19H21FN2O3/c1-13(15-6-9-17(24-2)18(12-15)25-3)22-19(23)21-11-10-14-4-7-16(20)8-5-14/h4-13H,1-3H3,(H2,21,22,23)/b11-10+. The molecule has 0 bridgehead atoms. The monoisotopic (exact) mass is 344 g/mol. The Morgan fingerprint density at radius 3 is 2.40 bits per heavy atom. The van der Waals surface area contributed by atoms with Crippen LogP contribution in [-0.2, 0) is 0 Å². The van der Waals surface area contributed by atoms with E-state index in [1.54, 1.807) is 38.5 Å². The SMILES string of the molecule is COc1ccc(C(C)NC(=O)N/C=C/c2ccc(F)cc2)cc1OC. The first kappa shape index (κ1) is 18.3. The van der Waals surface area contributed by atoms with Crippen molar-refractivity contribution >= 4 is 12.1 Å². The predicted octanol–water partition coefficient (Wildman–Crippen LogP) is 3.87. The number of carbonyl (C=O) groups is 1. The van der Waals surface area contributed by atoms with Gasteiger partial charge in [-0.25, -0.2) is 9.18 Å². The van der Waals surface area contributed by atoms with Crippen LogP contribution in [0.25, 0.3) is 6.08 Å². The molecule has 0 aliphatic rings. The van der Waals surface area contributed by atoms with Gasteiger partial charge in [0, 0.05) is 6.20 Å². The zero-order valence-electron chi connectivity index (χ0n) is 14.4. The van der Waals surface area contributed by atoms with Crippen molar-refractivity contribution in [2.45, 2.75) is 13.0 Å². The first-order chi connectivity index (χ1) is 12.0. The van der Waals surface area contributed by atoms with Gasteiger partial charge in [-0.05, 0) is 48.4 Å². The molecule has 5 nitrogen and oxygen atoms in total. The Kier molecular flexibility index (Phi) is 6.39. The van der Waals surface area contributed by atoms with Crippen LogP contribution in [-0.4, -0.2) is 20.3 Å². The van der Waals surface area contributed by atoms with Gasteiger partial charge in [0.25, 0.3) is 0 Å². The van der Waals surface area contributed by atoms with E-state index in [4.69, 9.17) is 9.47 Å². The minimum atomic E-state index is -0.347. The van der Waals surface area contributed by atoms with Crippen molar-refractivity contribution in [1.82, 2.24) is 10.6 Å². The van der Waals surface area contributed by atoms with Crippen LogP contribution >= 0.6 is 0 Å². The van der Waals surface area contributed by atoms with Gasteiger partial charge in [-0.15, -0.1) is 0 Å². The molecule has 1 atom stereocenters. The van der Waals surface area contributed by atoms with E-state index in [-0.39, 0.29) is 17.9 Å². The van der Waals surface area contributed by atoms with Gasteiger partial charge in [0.1, 0.15) is 5.82 Å². The lowest BCUT2D eigenvalue weighted by Crippen LogP contribution is -2.34. The topological polar surface area (TPSA) is 59.6 Å². The molecule has 0 aliphatic carbocycles. The lowest BCUT2D eigenvalue weighted by atomic mass is 10.1. The fourth-order valence-electron chi connectivity index (χ4n) is 2.23. The van der Waals surface area contributed by atoms with Crippen molar-refractivity contribution < 1.29 is 18.7 Å². The molecule has 0 saturated carbocycles. The van der Waals surface area contributed by atoms with Gasteiger partial charge in [-0.3, -0.25) is 0 Å². The molecule has 6 heteroatoms. The molecule has 2 aromatic carbocycles. The van der Waals surface area contributed by atoms with Crippen LogP contribution in [0, 0.1) is 5.82 Å². The van der Waals surface area contributed by atoms with Crippen molar-refractivity contribution in [1.29, 1.82) is 0 Å². The molecule has 1 unspecified atom stereocenters. The molecule has 0 radical (unpaired) electrons. The van der Waals surface area contributed by atoms with Gasteiger partial charge in [-0.2, -0.15) is 0 Å². The summed E-state index contributed by atoms with van der Waals surface area (Å²) in [6.07, 6.45) is 3.18. The average molecular weight is 344 g/mol. The minimum absolute atomic E-state index is 0.223. The second-order valence-corrected chi connectivity index (χ2v) is 5.34. The minimum Gasteiger partial charge on any atom is -0.493 e. The quantitative estimate of drug-likeness (QED) is 0.836. The number of urea groups is 1. The molecule has 2 amide bonds. The summed E-state index contributed by atoms with van der Waals surface area (Å²) < 4.78 is 23.3. The highest BCUT2D eigenvalue weighted by Crippen LogP contribution is 2.29. The fourth-order valence-corrected chi connectivity index (χ4v) is 2.23. The van der Waals surface area contributed by atoms with Crippen LogP contribution in [0.4, 0.5) is 9.18 Å². The third kappa shape index (κ3) is 5.24. The van der Waals surface area contributed by atoms with E-state index in [0.29, 0.717) is 11.5 Å². The maximum Gasteiger partial charge on any atom is 0.319 e. The van der Waals surface area contributed by atoms with Crippen molar-refractivity contribution in [3.05, 3.63) is 65.6 Å². The Balaban J connectivity index is 1.92. The molecule has 0 fully saturated rings. The summed E-state index contributed by atoms with van der Waals surface area (Å²) in [6.45, 7) is 1.87. The summed E-state index contributed by atoms with van der Waals surface area (Å²) in [6, 6.07) is 10.9. The summed E-state index contributed by atoms with van der Waals surface area (Å²) in [5.41, 5.74) is 1.67. The first-order valence-electron chi connectivity index (χ1n) is 7.74. The molecule has 0 aromatic heterocycles. The molecular weight excluding hydrogens is 323 g/mol. The Morgan fingerprint density at radius 1 is 1.08 bits per heavy atom. The highest BCUT2D eigenvalue weighted by atomic mass is 19.1. The van der Waals surface area contributed by atoms with Gasteiger partial charge in [0.15, 0.2) is 11.5 Å². The molecule has 2 aromatic rings. The molecule has 0 saturated heterocycles. The number of benzene rings is 2. The lowest BCUT2D eigenvalue weighted by molar-refractivity contribution is 0.241. The van der Waals surface area contributed by atoms with E-state index < -0.39 is 0 Å². The van der Waals surface area contributed by atoms with E-state index in [0.717, 1.165) is 11.1 Å². The summed E-state index contributed by atoms with van der Waals surface area (Å²) in [4.78, 5) is 12.0. The number of halogens is 1. The zero-order chi connectivity index (χ0) is 18.2. The van der Waals surface area contributed by atoms with E-state index in [2.05, 4.69) is 10.6 Å². The smallest absolute Gasteiger partial charge is 0.319 e. The summed E-state index contributed by atoms with van der Waals surface area (Å²) >= 11 is 0. The van der Waals surface area contributed by atoms with Crippen molar-refractivity contribution in [2.75, 3.05) is 14.2 Å². The maximum absolute atomic E-state index is 12.8. The number of hydrogen-bond acceptors (Lipinski definition) is 3. The fraction of sp³-hybridized carbons (Fsp3) is 0.211. The number of nitrogens with one attached hydrogen (secondary N) is 2. The van der Waals surface area contributed by atoms with Crippen molar-refractivity contribution in [2.24, 2.45) is 0 Å². The Morgan fingerprint density at radius 2 is 1.76 bits per heavy atom. The zero-order valence-corrected chi connectivity index (χ0v) is 14.4. The second-order valence-electron chi connectivity index (χ2n) is 5.34. The highest BCUT2D eigenvalue weighted by molar-refractivity contribution is 5.76. The van der Waals surface area contributed by atoms with Crippen LogP contribution in [0.2, 0.25) is 0 Å². The number of hydrogen-bond donors (Lipinski definition) is 2. The molecule has 0 spiro atoms. The average Bonchev–Trinajstić information content (AvgIpc) is 2.62. The molecule has 2 N–H and O–H groups in total. The summed E-state index contributed by atoms with van der Waals surface area (Å²) in [5, 5.41) is 5.44. The Labute approximate surface area is 146 Å². The van der Waals surface area contributed by atoms with Crippen LogP contribution in [0.1, 0.15) is 24.1 Å². The largest absolute Gasteiger partial charge is 0.493 e. The predicted molar refractivity (Wildman–Crippen MR) is 95.1 cm³/mol. The number of ether oxygens (including phenoxy) is 2. The number of methoxy groups -OCH3 is 2. The molecular formula is C19H21FN2O3. The third-order valence-electron chi connectivity index (χ3n) is 3.62. The summed E-state index contributed by atoms with van der Waals surface area (Å²) in [7, 11) is 3.13. The van der Waals surface area contributed by atoms with Crippen molar-refractivity contribution in [3.63, 3.8) is 0 Å². The molecule has 25 heavy (non-hydrogen) atoms. The molecule has 2 rings (SSSR count). The molecule has 0 heterocycles. The van der Waals surface area contributed by atoms with Gasteiger partial charge >= 0.3 is 6.03 Å². The number of rotatable bonds is 6. The van der Waals surface area contributed by atoms with Crippen LogP contribution in [0.5, 0.6) is 11.5 Å². The highest BCUT2D eigenvalue weighted by Gasteiger charge is 2.12. The van der Waals surface area contributed by atoms with Crippen LogP contribution in [0.3, 0.4) is 0 Å². The lowest BCUT2D eigenvalue weighted by Gasteiger charge is -2.16. The second kappa shape index (κ2) is 8.73. The maximum atomic E-state index is 12.8. The van der Waals surface area contributed by atoms with E-state index in [1.807, 2.05) is 19.1 Å². The third-order valence-corrected chi connectivity index (χ3v) is 3.62. The van der Waals surface area contributed by atoms with Gasteiger partial charge in [0.2, 0.25) is 0 Å². The number of amides is 2. The van der Waals surface area contributed by atoms with Crippen LogP contribution in [0.15, 0.2) is 48.7 Å². The van der Waals surface area contributed by atoms with Gasteiger partial charge in [0.05, 0.1) is 20.3 Å². The number of carbonyl (C=O) groups excluding carboxylic acids is 1. The molecule has 0 aliphatic heterocycles. The van der Waals surface area contributed by atoms with E-state index >= 15 is 0 Å². The van der Waals surface area contributed by atoms with Gasteiger partial charge < -0.3 is 20.1 Å². The molecule has 132 valence electrons. The Bertz CT molecular complexity index is 745. The summed E-state index contributed by atoms with van der Waals surface area (Å²) in [5.74, 6) is 0.932. The van der Waals surface area contributed by atoms with E-state index in [9.17, 15) is 9.18 Å².